The Hall–Kier alpha value is -1.61. The molecule has 110 valence electrons. The minimum atomic E-state index is 0.563. The summed E-state index contributed by atoms with van der Waals surface area (Å²) in [7, 11) is 0. The first kappa shape index (κ1) is 13.1. The highest BCUT2D eigenvalue weighted by Crippen LogP contribution is 2.42. The van der Waals surface area contributed by atoms with Gasteiger partial charge in [-0.1, -0.05) is 29.8 Å². The summed E-state index contributed by atoms with van der Waals surface area (Å²) in [6.07, 6.45) is 8.00. The van der Waals surface area contributed by atoms with Gasteiger partial charge in [-0.3, -0.25) is 0 Å². The van der Waals surface area contributed by atoms with Gasteiger partial charge in [-0.2, -0.15) is 0 Å². The smallest absolute Gasteiger partial charge is 0.0950 e. The lowest BCUT2D eigenvalue weighted by molar-refractivity contribution is 0.388. The second-order valence-corrected chi connectivity index (χ2v) is 6.57. The summed E-state index contributed by atoms with van der Waals surface area (Å²) in [6, 6.07) is 9.80. The van der Waals surface area contributed by atoms with E-state index in [1.54, 1.807) is 0 Å². The van der Waals surface area contributed by atoms with E-state index in [0.717, 1.165) is 19.1 Å². The Kier molecular flexibility index (Phi) is 3.30. The molecule has 0 radical (unpaired) electrons. The molecule has 1 saturated carbocycles. The van der Waals surface area contributed by atoms with Gasteiger partial charge in [0.05, 0.1) is 6.33 Å². The van der Waals surface area contributed by atoms with Crippen LogP contribution in [0.25, 0.3) is 0 Å². The van der Waals surface area contributed by atoms with Crippen LogP contribution in [0.5, 0.6) is 0 Å². The molecule has 2 heterocycles. The standard InChI is InChI=1S/C18H23N3/c1-13-2-4-14(5-3-13)17-10-19-9-8-16(17)18-11-20-12-21(18)15-6-7-15/h2-5,11-12,15-17,19H,6-10H2,1H3. The van der Waals surface area contributed by atoms with Crippen LogP contribution in [0.15, 0.2) is 36.8 Å². The van der Waals surface area contributed by atoms with Crippen molar-refractivity contribution in [2.75, 3.05) is 13.1 Å². The molecule has 0 bridgehead atoms. The van der Waals surface area contributed by atoms with Crippen LogP contribution in [-0.4, -0.2) is 22.6 Å². The Morgan fingerprint density at radius 1 is 1.10 bits per heavy atom. The molecule has 1 saturated heterocycles. The second kappa shape index (κ2) is 5.30. The zero-order valence-electron chi connectivity index (χ0n) is 12.6. The molecule has 3 nitrogen and oxygen atoms in total. The molecule has 2 unspecified atom stereocenters. The molecule has 21 heavy (non-hydrogen) atoms. The Balaban J connectivity index is 1.67. The number of hydrogen-bond donors (Lipinski definition) is 1. The molecular weight excluding hydrogens is 258 g/mol. The maximum absolute atomic E-state index is 4.44. The third-order valence-electron chi connectivity index (χ3n) is 5.00. The van der Waals surface area contributed by atoms with E-state index in [1.807, 2.05) is 6.33 Å². The Labute approximate surface area is 126 Å². The van der Waals surface area contributed by atoms with E-state index in [4.69, 9.17) is 0 Å². The van der Waals surface area contributed by atoms with Crippen molar-refractivity contribution in [1.82, 2.24) is 14.9 Å². The van der Waals surface area contributed by atoms with Crippen LogP contribution in [-0.2, 0) is 0 Å². The molecule has 1 aromatic carbocycles. The maximum Gasteiger partial charge on any atom is 0.0950 e. The van der Waals surface area contributed by atoms with Crippen LogP contribution in [0.4, 0.5) is 0 Å². The molecule has 1 aliphatic carbocycles. The lowest BCUT2D eigenvalue weighted by Crippen LogP contribution is -2.34. The van der Waals surface area contributed by atoms with Crippen molar-refractivity contribution in [3.8, 4) is 0 Å². The van der Waals surface area contributed by atoms with Crippen LogP contribution >= 0.6 is 0 Å². The molecular formula is C18H23N3. The van der Waals surface area contributed by atoms with Crippen molar-refractivity contribution >= 4 is 0 Å². The van der Waals surface area contributed by atoms with Crippen LogP contribution < -0.4 is 5.32 Å². The summed E-state index contributed by atoms with van der Waals surface area (Å²) in [5.74, 6) is 1.16. The van der Waals surface area contributed by atoms with Crippen LogP contribution in [0.2, 0.25) is 0 Å². The first-order valence-corrected chi connectivity index (χ1v) is 8.12. The van der Waals surface area contributed by atoms with Gasteiger partial charge in [-0.25, -0.2) is 4.98 Å². The van der Waals surface area contributed by atoms with Gasteiger partial charge in [-0.05, 0) is 38.3 Å². The molecule has 0 amide bonds. The Morgan fingerprint density at radius 2 is 1.90 bits per heavy atom. The van der Waals surface area contributed by atoms with Crippen molar-refractivity contribution < 1.29 is 0 Å². The highest BCUT2D eigenvalue weighted by atomic mass is 15.1. The highest BCUT2D eigenvalue weighted by Gasteiger charge is 2.33. The van der Waals surface area contributed by atoms with Crippen molar-refractivity contribution in [2.45, 2.75) is 44.1 Å². The highest BCUT2D eigenvalue weighted by molar-refractivity contribution is 5.29. The Bertz CT molecular complexity index is 610. The summed E-state index contributed by atoms with van der Waals surface area (Å²) in [5.41, 5.74) is 4.24. The van der Waals surface area contributed by atoms with E-state index in [0.29, 0.717) is 11.8 Å². The topological polar surface area (TPSA) is 29.9 Å². The lowest BCUT2D eigenvalue weighted by atomic mass is 9.79. The van der Waals surface area contributed by atoms with E-state index in [-0.39, 0.29) is 0 Å². The number of nitrogens with one attached hydrogen (secondary N) is 1. The Morgan fingerprint density at radius 3 is 2.67 bits per heavy atom. The van der Waals surface area contributed by atoms with Crippen molar-refractivity contribution in [3.05, 3.63) is 53.6 Å². The molecule has 3 heteroatoms. The van der Waals surface area contributed by atoms with E-state index in [9.17, 15) is 0 Å². The SMILES string of the molecule is Cc1ccc(C2CNCCC2c2cncn2C2CC2)cc1. The normalized spacial score (nSPS) is 26.0. The van der Waals surface area contributed by atoms with Crippen molar-refractivity contribution in [1.29, 1.82) is 0 Å². The summed E-state index contributed by atoms with van der Waals surface area (Å²) >= 11 is 0. The first-order chi connectivity index (χ1) is 10.3. The number of imidazole rings is 1. The van der Waals surface area contributed by atoms with E-state index >= 15 is 0 Å². The first-order valence-electron chi connectivity index (χ1n) is 8.12. The number of nitrogens with zero attached hydrogens (tertiary/aromatic N) is 2. The number of aryl methyl sites for hydroxylation is 1. The zero-order valence-corrected chi connectivity index (χ0v) is 12.6. The average molecular weight is 281 g/mol. The summed E-state index contributed by atoms with van der Waals surface area (Å²) < 4.78 is 2.44. The van der Waals surface area contributed by atoms with Crippen LogP contribution in [0.3, 0.4) is 0 Å². The summed E-state index contributed by atoms with van der Waals surface area (Å²) in [5, 5.41) is 3.57. The van der Waals surface area contributed by atoms with Gasteiger partial charge < -0.3 is 9.88 Å². The maximum atomic E-state index is 4.44. The zero-order chi connectivity index (χ0) is 14.2. The average Bonchev–Trinajstić information content (AvgIpc) is 3.25. The fourth-order valence-electron chi connectivity index (χ4n) is 3.64. The van der Waals surface area contributed by atoms with Gasteiger partial charge in [-0.15, -0.1) is 0 Å². The van der Waals surface area contributed by atoms with Gasteiger partial charge in [0.25, 0.3) is 0 Å². The number of benzene rings is 1. The molecule has 2 fully saturated rings. The molecule has 2 atom stereocenters. The molecule has 2 aliphatic rings. The number of hydrogen-bond acceptors (Lipinski definition) is 2. The van der Waals surface area contributed by atoms with Crippen LogP contribution in [0.1, 0.15) is 54.0 Å². The van der Waals surface area contributed by atoms with Gasteiger partial charge in [0, 0.05) is 36.3 Å². The fourth-order valence-corrected chi connectivity index (χ4v) is 3.64. The molecule has 2 aromatic rings. The number of rotatable bonds is 3. The lowest BCUT2D eigenvalue weighted by Gasteiger charge is -2.33. The molecule has 4 rings (SSSR count). The van der Waals surface area contributed by atoms with Crippen molar-refractivity contribution in [3.63, 3.8) is 0 Å². The van der Waals surface area contributed by atoms with Crippen molar-refractivity contribution in [2.24, 2.45) is 0 Å². The molecule has 1 aliphatic heterocycles. The summed E-state index contributed by atoms with van der Waals surface area (Å²) in [6.45, 7) is 4.34. The predicted molar refractivity (Wildman–Crippen MR) is 84.6 cm³/mol. The van der Waals surface area contributed by atoms with E-state index in [1.165, 1.54) is 36.1 Å². The minimum Gasteiger partial charge on any atom is -0.331 e. The van der Waals surface area contributed by atoms with E-state index in [2.05, 4.69) is 52.3 Å². The third-order valence-corrected chi connectivity index (χ3v) is 5.00. The molecule has 1 N–H and O–H groups in total. The van der Waals surface area contributed by atoms with E-state index < -0.39 is 0 Å². The molecule has 1 aromatic heterocycles. The number of aromatic nitrogens is 2. The largest absolute Gasteiger partial charge is 0.331 e. The predicted octanol–water partition coefficient (Wildman–Crippen LogP) is 3.39. The van der Waals surface area contributed by atoms with Crippen LogP contribution in [0, 0.1) is 6.92 Å². The fraction of sp³-hybridized carbons (Fsp3) is 0.500. The van der Waals surface area contributed by atoms with Gasteiger partial charge >= 0.3 is 0 Å². The summed E-state index contributed by atoms with van der Waals surface area (Å²) in [4.78, 5) is 4.44. The van der Waals surface area contributed by atoms with Gasteiger partial charge in [0.2, 0.25) is 0 Å². The quantitative estimate of drug-likeness (QED) is 0.934. The van der Waals surface area contributed by atoms with Gasteiger partial charge in [0.15, 0.2) is 0 Å². The van der Waals surface area contributed by atoms with Gasteiger partial charge in [0.1, 0.15) is 0 Å². The third kappa shape index (κ3) is 2.51. The molecule has 0 spiro atoms. The second-order valence-electron chi connectivity index (χ2n) is 6.57. The number of piperidine rings is 1. The minimum absolute atomic E-state index is 0.563. The monoisotopic (exact) mass is 281 g/mol.